The van der Waals surface area contributed by atoms with Crippen LogP contribution in [0.2, 0.25) is 0 Å². The summed E-state index contributed by atoms with van der Waals surface area (Å²) in [6.07, 6.45) is 0.704. The Morgan fingerprint density at radius 3 is 2.76 bits per heavy atom. The molecule has 1 aromatic heterocycles. The molecule has 0 saturated heterocycles. The molecule has 2 rings (SSSR count). The molecule has 0 aliphatic carbocycles. The van der Waals surface area contributed by atoms with E-state index in [9.17, 15) is 9.18 Å². The minimum Gasteiger partial charge on any atom is -0.494 e. The Morgan fingerprint density at radius 2 is 2.24 bits per heavy atom. The van der Waals surface area contributed by atoms with E-state index in [-0.39, 0.29) is 5.75 Å². The van der Waals surface area contributed by atoms with Crippen LogP contribution in [0.5, 0.6) is 5.75 Å². The Hall–Kier alpha value is -1.75. The van der Waals surface area contributed by atoms with Crippen molar-refractivity contribution in [3.8, 4) is 16.3 Å². The zero-order chi connectivity index (χ0) is 12.4. The van der Waals surface area contributed by atoms with E-state index in [2.05, 4.69) is 4.98 Å². The second kappa shape index (κ2) is 4.63. The monoisotopic (exact) mass is 251 g/mol. The molecule has 0 atom stereocenters. The van der Waals surface area contributed by atoms with Gasteiger partial charge in [-0.15, -0.1) is 11.3 Å². The molecule has 3 nitrogen and oxygen atoms in total. The minimum absolute atomic E-state index is 0.192. The Kier molecular flexibility index (Phi) is 3.19. The van der Waals surface area contributed by atoms with E-state index in [1.54, 1.807) is 12.1 Å². The van der Waals surface area contributed by atoms with Crippen LogP contribution in [0, 0.1) is 12.7 Å². The summed E-state index contributed by atoms with van der Waals surface area (Å²) in [5.41, 5.74) is 1.05. The van der Waals surface area contributed by atoms with Gasteiger partial charge < -0.3 is 4.74 Å². The first-order valence-corrected chi connectivity index (χ1v) is 5.74. The first kappa shape index (κ1) is 11.7. The second-order valence-corrected chi connectivity index (χ2v) is 4.63. The summed E-state index contributed by atoms with van der Waals surface area (Å²) in [6, 6.07) is 4.61. The van der Waals surface area contributed by atoms with Gasteiger partial charge in [-0.1, -0.05) is 0 Å². The van der Waals surface area contributed by atoms with Crippen molar-refractivity contribution < 1.29 is 13.9 Å². The molecule has 0 aliphatic rings. The highest BCUT2D eigenvalue weighted by atomic mass is 32.1. The van der Waals surface area contributed by atoms with Crippen LogP contribution in [0.3, 0.4) is 0 Å². The maximum atomic E-state index is 13.5. The fourth-order valence-electron chi connectivity index (χ4n) is 1.44. The Labute approximate surface area is 102 Å². The zero-order valence-corrected chi connectivity index (χ0v) is 10.2. The van der Waals surface area contributed by atoms with Crippen LogP contribution in [0.25, 0.3) is 10.6 Å². The number of methoxy groups -OCH3 is 1. The SMILES string of the molecule is COc1ccc(-c2nc(C=O)c(C)s2)cc1F. The van der Waals surface area contributed by atoms with Gasteiger partial charge in [0.15, 0.2) is 17.9 Å². The lowest BCUT2D eigenvalue weighted by molar-refractivity contribution is 0.111. The molecule has 2 aromatic rings. The molecule has 0 fully saturated rings. The summed E-state index contributed by atoms with van der Waals surface area (Å²) >= 11 is 1.36. The highest BCUT2D eigenvalue weighted by molar-refractivity contribution is 7.15. The number of thiazole rings is 1. The number of aryl methyl sites for hydroxylation is 1. The lowest BCUT2D eigenvalue weighted by Crippen LogP contribution is -1.88. The smallest absolute Gasteiger partial charge is 0.169 e. The summed E-state index contributed by atoms with van der Waals surface area (Å²) < 4.78 is 18.3. The largest absolute Gasteiger partial charge is 0.494 e. The van der Waals surface area contributed by atoms with Crippen molar-refractivity contribution in [3.05, 3.63) is 34.6 Å². The van der Waals surface area contributed by atoms with Gasteiger partial charge >= 0.3 is 0 Å². The molecule has 0 unspecified atom stereocenters. The molecule has 0 amide bonds. The molecule has 0 bridgehead atoms. The van der Waals surface area contributed by atoms with Crippen molar-refractivity contribution in [2.24, 2.45) is 0 Å². The fourth-order valence-corrected chi connectivity index (χ4v) is 2.32. The normalized spacial score (nSPS) is 10.3. The number of aromatic nitrogens is 1. The molecule has 1 aromatic carbocycles. The van der Waals surface area contributed by atoms with Gasteiger partial charge in [0.2, 0.25) is 0 Å². The van der Waals surface area contributed by atoms with Crippen molar-refractivity contribution in [1.82, 2.24) is 4.98 Å². The lowest BCUT2D eigenvalue weighted by Gasteiger charge is -2.02. The number of aldehydes is 1. The predicted molar refractivity (Wildman–Crippen MR) is 64.2 cm³/mol. The summed E-state index contributed by atoms with van der Waals surface area (Å²) in [5, 5.41) is 0.631. The average Bonchev–Trinajstić information content (AvgIpc) is 2.70. The van der Waals surface area contributed by atoms with E-state index in [0.29, 0.717) is 22.6 Å². The highest BCUT2D eigenvalue weighted by Gasteiger charge is 2.11. The number of carbonyl (C=O) groups excluding carboxylic acids is 1. The maximum Gasteiger partial charge on any atom is 0.169 e. The third-order valence-electron chi connectivity index (χ3n) is 2.34. The number of nitrogens with zero attached hydrogens (tertiary/aromatic N) is 1. The van der Waals surface area contributed by atoms with Gasteiger partial charge in [0.1, 0.15) is 10.7 Å². The first-order valence-electron chi connectivity index (χ1n) is 4.92. The molecule has 1 heterocycles. The van der Waals surface area contributed by atoms with Gasteiger partial charge in [-0.25, -0.2) is 9.37 Å². The van der Waals surface area contributed by atoms with E-state index >= 15 is 0 Å². The predicted octanol–water partition coefficient (Wildman–Crippen LogP) is 3.08. The van der Waals surface area contributed by atoms with Crippen LogP contribution >= 0.6 is 11.3 Å². The highest BCUT2D eigenvalue weighted by Crippen LogP contribution is 2.29. The summed E-state index contributed by atoms with van der Waals surface area (Å²) in [7, 11) is 1.41. The van der Waals surface area contributed by atoms with E-state index < -0.39 is 5.82 Å². The van der Waals surface area contributed by atoms with E-state index in [1.165, 1.54) is 24.5 Å². The molecule has 5 heteroatoms. The molecule has 0 N–H and O–H groups in total. The van der Waals surface area contributed by atoms with Crippen LogP contribution < -0.4 is 4.74 Å². The van der Waals surface area contributed by atoms with Crippen LogP contribution in [-0.2, 0) is 0 Å². The number of rotatable bonds is 3. The first-order chi connectivity index (χ1) is 8.15. The number of benzene rings is 1. The topological polar surface area (TPSA) is 39.2 Å². The van der Waals surface area contributed by atoms with Crippen LogP contribution in [-0.4, -0.2) is 18.4 Å². The van der Waals surface area contributed by atoms with Crippen molar-refractivity contribution in [3.63, 3.8) is 0 Å². The van der Waals surface area contributed by atoms with Crippen LogP contribution in [0.1, 0.15) is 15.4 Å². The van der Waals surface area contributed by atoms with Crippen molar-refractivity contribution >= 4 is 17.6 Å². The summed E-state index contributed by atoms with van der Waals surface area (Å²) in [4.78, 5) is 15.7. The summed E-state index contributed by atoms with van der Waals surface area (Å²) in [5.74, 6) is -0.247. The van der Waals surface area contributed by atoms with E-state index in [0.717, 1.165) is 4.88 Å². The molecule has 88 valence electrons. The standard InChI is InChI=1S/C12H10FNO2S/c1-7-10(6-15)14-12(17-7)8-3-4-11(16-2)9(13)5-8/h3-6H,1-2H3. The lowest BCUT2D eigenvalue weighted by atomic mass is 10.2. The van der Waals surface area contributed by atoms with Gasteiger partial charge in [0.25, 0.3) is 0 Å². The molecule has 0 aliphatic heterocycles. The third-order valence-corrected chi connectivity index (χ3v) is 3.38. The molecule has 0 spiro atoms. The van der Waals surface area contributed by atoms with Gasteiger partial charge in [-0.05, 0) is 25.1 Å². The summed E-state index contributed by atoms with van der Waals surface area (Å²) in [6.45, 7) is 1.81. The minimum atomic E-state index is -0.439. The molecular weight excluding hydrogens is 241 g/mol. The van der Waals surface area contributed by atoms with Gasteiger partial charge in [-0.3, -0.25) is 4.79 Å². The maximum absolute atomic E-state index is 13.5. The Bertz CT molecular complexity index is 566. The van der Waals surface area contributed by atoms with E-state index in [4.69, 9.17) is 4.74 Å². The second-order valence-electron chi connectivity index (χ2n) is 3.43. The third kappa shape index (κ3) is 2.19. The van der Waals surface area contributed by atoms with Crippen molar-refractivity contribution in [1.29, 1.82) is 0 Å². The van der Waals surface area contributed by atoms with Crippen molar-refractivity contribution in [2.45, 2.75) is 6.92 Å². The zero-order valence-electron chi connectivity index (χ0n) is 9.36. The number of hydrogen-bond acceptors (Lipinski definition) is 4. The number of ether oxygens (including phenoxy) is 1. The van der Waals surface area contributed by atoms with Crippen LogP contribution in [0.4, 0.5) is 4.39 Å². The number of carbonyl (C=O) groups is 1. The molecular formula is C12H10FNO2S. The average molecular weight is 251 g/mol. The quantitative estimate of drug-likeness (QED) is 0.787. The Balaban J connectivity index is 2.45. The number of hydrogen-bond donors (Lipinski definition) is 0. The fraction of sp³-hybridized carbons (Fsp3) is 0.167. The number of halogens is 1. The van der Waals surface area contributed by atoms with Gasteiger partial charge in [-0.2, -0.15) is 0 Å². The Morgan fingerprint density at radius 1 is 1.47 bits per heavy atom. The molecule has 0 radical (unpaired) electrons. The van der Waals surface area contributed by atoms with Crippen LogP contribution in [0.15, 0.2) is 18.2 Å². The van der Waals surface area contributed by atoms with Gasteiger partial charge in [0.05, 0.1) is 7.11 Å². The van der Waals surface area contributed by atoms with Gasteiger partial charge in [0, 0.05) is 10.4 Å². The molecule has 0 saturated carbocycles. The van der Waals surface area contributed by atoms with E-state index in [1.807, 2.05) is 6.92 Å². The van der Waals surface area contributed by atoms with Crippen molar-refractivity contribution in [2.75, 3.05) is 7.11 Å². The molecule has 17 heavy (non-hydrogen) atoms.